The first kappa shape index (κ1) is 13.1. The van der Waals surface area contributed by atoms with Gasteiger partial charge in [0, 0.05) is 18.0 Å². The average molecular weight is 279 g/mol. The first-order valence-electron chi connectivity index (χ1n) is 6.86. The summed E-state index contributed by atoms with van der Waals surface area (Å²) in [6.07, 6.45) is 7.43. The molecule has 0 saturated heterocycles. The quantitative estimate of drug-likeness (QED) is 0.771. The van der Waals surface area contributed by atoms with Crippen LogP contribution in [-0.4, -0.2) is 11.6 Å². The smallest absolute Gasteiger partial charge is 0.253 e. The molecular weight excluding hydrogens is 259 g/mol. The minimum absolute atomic E-state index is 0.0301. The van der Waals surface area contributed by atoms with Crippen LogP contribution in [0.25, 0.3) is 0 Å². The van der Waals surface area contributed by atoms with Gasteiger partial charge in [0.05, 0.1) is 0 Å². The van der Waals surface area contributed by atoms with Crippen molar-refractivity contribution >= 4 is 11.9 Å². The van der Waals surface area contributed by atoms with E-state index in [9.17, 15) is 13.2 Å². The zero-order valence-electron chi connectivity index (χ0n) is 10.6. The maximum atomic E-state index is 12.3. The summed E-state index contributed by atoms with van der Waals surface area (Å²) in [7, 11) is 0. The molecule has 4 aliphatic rings. The van der Waals surface area contributed by atoms with Crippen molar-refractivity contribution < 1.29 is 13.2 Å². The van der Waals surface area contributed by atoms with E-state index in [1.165, 1.54) is 19.3 Å². The Labute approximate surface area is 110 Å². The minimum atomic E-state index is -4.17. The molecule has 4 saturated carbocycles. The molecule has 0 aliphatic heterocycles. The van der Waals surface area contributed by atoms with E-state index >= 15 is 0 Å². The Bertz CT molecular complexity index is 293. The van der Waals surface area contributed by atoms with Crippen LogP contribution in [0.1, 0.15) is 45.4 Å². The van der Waals surface area contributed by atoms with Crippen molar-refractivity contribution in [2.45, 2.75) is 57.0 Å². The zero-order valence-corrected chi connectivity index (χ0v) is 11.4. The zero-order chi connectivity index (χ0) is 13.0. The number of hydrogen-bond acceptors (Lipinski definition) is 2. The van der Waals surface area contributed by atoms with Crippen LogP contribution in [0.3, 0.4) is 0 Å². The summed E-state index contributed by atoms with van der Waals surface area (Å²) in [5.41, 5.74) is -4.02. The summed E-state index contributed by atoms with van der Waals surface area (Å²) in [6.45, 7) is 1.95. The van der Waals surface area contributed by atoms with Gasteiger partial charge in [0.25, 0.3) is 0 Å². The SMILES string of the molecule is CC(NSC(F)(F)F)C12CC3CC(CC(C3)C1)C2. The summed E-state index contributed by atoms with van der Waals surface area (Å²) in [4.78, 5) is 0. The average Bonchev–Trinajstić information content (AvgIpc) is 2.22. The van der Waals surface area contributed by atoms with Crippen LogP contribution in [0, 0.1) is 23.2 Å². The molecule has 0 radical (unpaired) electrons. The van der Waals surface area contributed by atoms with Gasteiger partial charge in [-0.15, -0.1) is 0 Å². The molecule has 0 heterocycles. The van der Waals surface area contributed by atoms with Gasteiger partial charge in [0.2, 0.25) is 0 Å². The number of halogens is 3. The van der Waals surface area contributed by atoms with Gasteiger partial charge in [-0.2, -0.15) is 13.2 Å². The van der Waals surface area contributed by atoms with Gasteiger partial charge in [-0.25, -0.2) is 0 Å². The molecule has 0 aromatic carbocycles. The van der Waals surface area contributed by atoms with Gasteiger partial charge in [0.15, 0.2) is 0 Å². The molecule has 4 aliphatic carbocycles. The summed E-state index contributed by atoms with van der Waals surface area (Å²) >= 11 is -0.0594. The predicted octanol–water partition coefficient (Wildman–Crippen LogP) is 4.35. The fraction of sp³-hybridized carbons (Fsp3) is 1.00. The van der Waals surface area contributed by atoms with Crippen molar-refractivity contribution in [1.82, 2.24) is 4.72 Å². The van der Waals surface area contributed by atoms with E-state index in [1.807, 2.05) is 6.92 Å². The van der Waals surface area contributed by atoms with Gasteiger partial charge in [-0.1, -0.05) is 0 Å². The fourth-order valence-electron chi connectivity index (χ4n) is 4.99. The van der Waals surface area contributed by atoms with E-state index in [2.05, 4.69) is 4.72 Å². The molecule has 1 nitrogen and oxygen atoms in total. The molecule has 4 fully saturated rings. The van der Waals surface area contributed by atoms with Gasteiger partial charge in [-0.3, -0.25) is 4.72 Å². The second-order valence-electron chi connectivity index (χ2n) is 6.67. The highest BCUT2D eigenvalue weighted by atomic mass is 32.2. The van der Waals surface area contributed by atoms with E-state index in [1.54, 1.807) is 0 Å². The van der Waals surface area contributed by atoms with E-state index in [4.69, 9.17) is 0 Å². The van der Waals surface area contributed by atoms with Crippen molar-refractivity contribution in [2.75, 3.05) is 0 Å². The third kappa shape index (κ3) is 2.40. The molecule has 1 atom stereocenters. The van der Waals surface area contributed by atoms with Crippen molar-refractivity contribution in [3.05, 3.63) is 0 Å². The lowest BCUT2D eigenvalue weighted by Gasteiger charge is -2.59. The topological polar surface area (TPSA) is 12.0 Å². The van der Waals surface area contributed by atoms with Crippen LogP contribution in [-0.2, 0) is 0 Å². The molecule has 1 N–H and O–H groups in total. The van der Waals surface area contributed by atoms with Crippen LogP contribution in [0.2, 0.25) is 0 Å². The summed E-state index contributed by atoms with van der Waals surface area (Å²) in [5, 5.41) is 0. The highest BCUT2D eigenvalue weighted by Gasteiger charge is 2.53. The van der Waals surface area contributed by atoms with E-state index in [0.29, 0.717) is 0 Å². The van der Waals surface area contributed by atoms with Crippen molar-refractivity contribution in [3.63, 3.8) is 0 Å². The summed E-state index contributed by atoms with van der Waals surface area (Å²) < 4.78 is 39.5. The van der Waals surface area contributed by atoms with E-state index < -0.39 is 5.51 Å². The summed E-state index contributed by atoms with van der Waals surface area (Å²) in [5.74, 6) is 2.36. The van der Waals surface area contributed by atoms with Gasteiger partial charge < -0.3 is 0 Å². The van der Waals surface area contributed by atoms with Gasteiger partial charge >= 0.3 is 5.51 Å². The molecule has 0 aromatic rings. The van der Waals surface area contributed by atoms with E-state index in [0.717, 1.165) is 37.0 Å². The van der Waals surface area contributed by atoms with E-state index in [-0.39, 0.29) is 23.4 Å². The molecule has 0 aromatic heterocycles. The number of rotatable bonds is 3. The molecule has 4 rings (SSSR count). The maximum Gasteiger partial charge on any atom is 0.456 e. The van der Waals surface area contributed by atoms with Crippen LogP contribution >= 0.6 is 11.9 Å². The van der Waals surface area contributed by atoms with Crippen LogP contribution in [0.15, 0.2) is 0 Å². The Balaban J connectivity index is 1.67. The van der Waals surface area contributed by atoms with Crippen molar-refractivity contribution in [1.29, 1.82) is 0 Å². The molecule has 0 spiro atoms. The molecule has 18 heavy (non-hydrogen) atoms. The Morgan fingerprint density at radius 3 is 1.89 bits per heavy atom. The normalized spacial score (nSPS) is 44.3. The molecule has 1 unspecified atom stereocenters. The van der Waals surface area contributed by atoms with Crippen molar-refractivity contribution in [3.8, 4) is 0 Å². The molecule has 4 bridgehead atoms. The highest BCUT2D eigenvalue weighted by molar-refractivity contribution is 7.98. The van der Waals surface area contributed by atoms with Crippen molar-refractivity contribution in [2.24, 2.45) is 23.2 Å². The lowest BCUT2D eigenvalue weighted by Crippen LogP contribution is -2.54. The Morgan fingerprint density at radius 1 is 1.06 bits per heavy atom. The van der Waals surface area contributed by atoms with Gasteiger partial charge in [-0.05, 0) is 68.6 Å². The first-order valence-corrected chi connectivity index (χ1v) is 7.68. The third-order valence-electron chi connectivity index (χ3n) is 5.36. The molecule has 5 heteroatoms. The maximum absolute atomic E-state index is 12.3. The molecular formula is C13H20F3NS. The van der Waals surface area contributed by atoms with Crippen LogP contribution in [0.5, 0.6) is 0 Å². The minimum Gasteiger partial charge on any atom is -0.253 e. The largest absolute Gasteiger partial charge is 0.456 e. The van der Waals surface area contributed by atoms with Gasteiger partial charge in [0.1, 0.15) is 0 Å². The second kappa shape index (κ2) is 4.30. The highest BCUT2D eigenvalue weighted by Crippen LogP contribution is 2.61. The Morgan fingerprint density at radius 2 is 1.50 bits per heavy atom. The van der Waals surface area contributed by atoms with Crippen LogP contribution < -0.4 is 4.72 Å². The third-order valence-corrected chi connectivity index (χ3v) is 6.06. The molecule has 0 amide bonds. The lowest BCUT2D eigenvalue weighted by molar-refractivity contribution is -0.0677. The monoisotopic (exact) mass is 279 g/mol. The summed E-state index contributed by atoms with van der Waals surface area (Å²) in [6, 6.07) is -0.0301. The van der Waals surface area contributed by atoms with Crippen LogP contribution in [0.4, 0.5) is 13.2 Å². The standard InChI is InChI=1S/C13H20F3NS/c1-8(17-18-13(14,15)16)12-5-9-2-10(6-12)4-11(3-9)7-12/h8-11,17H,2-7H2,1H3. The Hall–Kier alpha value is 0.100. The first-order chi connectivity index (χ1) is 8.36. The number of hydrogen-bond donors (Lipinski definition) is 1. The number of nitrogens with one attached hydrogen (secondary N) is 1. The predicted molar refractivity (Wildman–Crippen MR) is 66.8 cm³/mol. The number of alkyl halides is 3. The fourth-order valence-corrected chi connectivity index (χ4v) is 5.55. The lowest BCUT2D eigenvalue weighted by atomic mass is 9.48. The molecule has 104 valence electrons. The second-order valence-corrected chi connectivity index (χ2v) is 7.57. The Kier molecular flexibility index (Phi) is 3.13.